The van der Waals surface area contributed by atoms with Crippen LogP contribution in [-0.2, 0) is 6.42 Å². The second-order valence-electron chi connectivity index (χ2n) is 4.87. The van der Waals surface area contributed by atoms with E-state index in [1.807, 2.05) is 0 Å². The van der Waals surface area contributed by atoms with Gasteiger partial charge in [-0.15, -0.1) is 0 Å². The average Bonchev–Trinajstić information content (AvgIpc) is 3.14. The van der Waals surface area contributed by atoms with Crippen molar-refractivity contribution in [2.75, 3.05) is 0 Å². The summed E-state index contributed by atoms with van der Waals surface area (Å²) >= 11 is 6.37. The molecule has 1 aromatic heterocycles. The largest absolute Gasteiger partial charge is 0.252 e. The van der Waals surface area contributed by atoms with E-state index >= 15 is 0 Å². The molecule has 2 heteroatoms. The fourth-order valence-corrected chi connectivity index (χ4v) is 2.61. The molecule has 0 N–H and O–H groups in total. The fraction of sp³-hybridized carbons (Fsp3) is 0.400. The highest BCUT2D eigenvalue weighted by Gasteiger charge is 2.26. The molecule has 0 amide bonds. The lowest BCUT2D eigenvalue weighted by atomic mass is 10.0. The third-order valence-corrected chi connectivity index (χ3v) is 3.72. The van der Waals surface area contributed by atoms with Crippen LogP contribution in [0.3, 0.4) is 0 Å². The predicted molar refractivity (Wildman–Crippen MR) is 72.7 cm³/mol. The number of hydrogen-bond acceptors (Lipinski definition) is 1. The molecule has 0 radical (unpaired) electrons. The molecule has 0 unspecified atom stereocenters. The van der Waals surface area contributed by atoms with Gasteiger partial charge >= 0.3 is 0 Å². The number of benzene rings is 1. The summed E-state index contributed by atoms with van der Waals surface area (Å²) in [5, 5.41) is 1.96. The molecule has 0 atom stereocenters. The van der Waals surface area contributed by atoms with Crippen molar-refractivity contribution in [3.8, 4) is 0 Å². The zero-order valence-electron chi connectivity index (χ0n) is 10.0. The molecule has 1 nitrogen and oxygen atoms in total. The lowest BCUT2D eigenvalue weighted by Gasteiger charge is -2.08. The maximum atomic E-state index is 6.37. The molecule has 1 aliphatic rings. The van der Waals surface area contributed by atoms with Crippen molar-refractivity contribution < 1.29 is 0 Å². The first kappa shape index (κ1) is 11.0. The summed E-state index contributed by atoms with van der Waals surface area (Å²) < 4.78 is 0. The maximum Gasteiger partial charge on any atom is 0.0752 e. The van der Waals surface area contributed by atoms with Gasteiger partial charge in [0.05, 0.1) is 10.5 Å². The van der Waals surface area contributed by atoms with Crippen molar-refractivity contribution >= 4 is 22.5 Å². The molecular weight excluding hydrogens is 230 g/mol. The minimum atomic E-state index is 0.659. The van der Waals surface area contributed by atoms with Crippen LogP contribution in [0, 0.1) is 0 Å². The van der Waals surface area contributed by atoms with Gasteiger partial charge in [-0.3, -0.25) is 4.98 Å². The smallest absolute Gasteiger partial charge is 0.0752 e. The zero-order chi connectivity index (χ0) is 11.8. The van der Waals surface area contributed by atoms with E-state index in [1.165, 1.54) is 24.1 Å². The van der Waals surface area contributed by atoms with Gasteiger partial charge in [-0.25, -0.2) is 0 Å². The molecular formula is C15H16ClN. The number of pyridine rings is 1. The summed E-state index contributed by atoms with van der Waals surface area (Å²) in [6.45, 7) is 2.20. The molecule has 2 aromatic rings. The van der Waals surface area contributed by atoms with Crippen molar-refractivity contribution in [3.05, 3.63) is 40.5 Å². The fourth-order valence-electron chi connectivity index (χ4n) is 2.34. The van der Waals surface area contributed by atoms with Crippen molar-refractivity contribution in [1.82, 2.24) is 4.98 Å². The second kappa shape index (κ2) is 4.30. The molecule has 1 aliphatic carbocycles. The average molecular weight is 246 g/mol. The number of para-hydroxylation sites is 1. The Morgan fingerprint density at radius 2 is 2.18 bits per heavy atom. The first-order valence-electron chi connectivity index (χ1n) is 6.37. The first-order valence-corrected chi connectivity index (χ1v) is 6.75. The summed E-state index contributed by atoms with van der Waals surface area (Å²) in [7, 11) is 0. The van der Waals surface area contributed by atoms with E-state index in [4.69, 9.17) is 16.6 Å². The van der Waals surface area contributed by atoms with Crippen LogP contribution in [0.1, 0.15) is 43.4 Å². The van der Waals surface area contributed by atoms with Gasteiger partial charge in [0.1, 0.15) is 0 Å². The summed E-state index contributed by atoms with van der Waals surface area (Å²) in [4.78, 5) is 4.83. The summed E-state index contributed by atoms with van der Waals surface area (Å²) in [6, 6.07) is 8.38. The SMILES string of the molecule is CCCc1cccc2c(Cl)cc(C3CC3)nc12. The third-order valence-electron chi connectivity index (χ3n) is 3.41. The van der Waals surface area contributed by atoms with E-state index in [1.54, 1.807) is 0 Å². The first-order chi connectivity index (χ1) is 8.29. The highest BCUT2D eigenvalue weighted by molar-refractivity contribution is 6.35. The van der Waals surface area contributed by atoms with Crippen LogP contribution < -0.4 is 0 Å². The quantitative estimate of drug-likeness (QED) is 0.763. The summed E-state index contributed by atoms with van der Waals surface area (Å²) in [5.74, 6) is 0.659. The van der Waals surface area contributed by atoms with Gasteiger partial charge in [-0.05, 0) is 30.9 Å². The van der Waals surface area contributed by atoms with E-state index in [0.717, 1.165) is 28.8 Å². The minimum Gasteiger partial charge on any atom is -0.252 e. The topological polar surface area (TPSA) is 12.9 Å². The van der Waals surface area contributed by atoms with Crippen molar-refractivity contribution in [2.24, 2.45) is 0 Å². The van der Waals surface area contributed by atoms with Gasteiger partial charge in [0.2, 0.25) is 0 Å². The van der Waals surface area contributed by atoms with Crippen molar-refractivity contribution in [2.45, 2.75) is 38.5 Å². The van der Waals surface area contributed by atoms with E-state index in [-0.39, 0.29) is 0 Å². The Bertz CT molecular complexity index is 558. The minimum absolute atomic E-state index is 0.659. The second-order valence-corrected chi connectivity index (χ2v) is 5.27. The Hall–Kier alpha value is -1.08. The molecule has 1 saturated carbocycles. The molecule has 17 heavy (non-hydrogen) atoms. The van der Waals surface area contributed by atoms with E-state index in [2.05, 4.69) is 31.2 Å². The number of aromatic nitrogens is 1. The van der Waals surface area contributed by atoms with Gasteiger partial charge in [-0.2, -0.15) is 0 Å². The van der Waals surface area contributed by atoms with E-state index in [0.29, 0.717) is 5.92 Å². The zero-order valence-corrected chi connectivity index (χ0v) is 10.8. The molecule has 0 bridgehead atoms. The van der Waals surface area contributed by atoms with Gasteiger partial charge in [0, 0.05) is 17.0 Å². The molecule has 0 saturated heterocycles. The summed E-state index contributed by atoms with van der Waals surface area (Å²) in [6.07, 6.45) is 4.76. The van der Waals surface area contributed by atoms with Crippen molar-refractivity contribution in [3.63, 3.8) is 0 Å². The van der Waals surface area contributed by atoms with Gasteiger partial charge < -0.3 is 0 Å². The Labute approximate surface area is 107 Å². The number of halogens is 1. The molecule has 0 aliphatic heterocycles. The van der Waals surface area contributed by atoms with Crippen LogP contribution in [0.5, 0.6) is 0 Å². The van der Waals surface area contributed by atoms with Crippen LogP contribution in [-0.4, -0.2) is 4.98 Å². The van der Waals surface area contributed by atoms with Gasteiger partial charge in [0.15, 0.2) is 0 Å². The lowest BCUT2D eigenvalue weighted by Crippen LogP contribution is -1.93. The number of aryl methyl sites for hydroxylation is 1. The van der Waals surface area contributed by atoms with Crippen LogP contribution in [0.15, 0.2) is 24.3 Å². The maximum absolute atomic E-state index is 6.37. The van der Waals surface area contributed by atoms with E-state index in [9.17, 15) is 0 Å². The van der Waals surface area contributed by atoms with Gasteiger partial charge in [-0.1, -0.05) is 43.1 Å². The Morgan fingerprint density at radius 1 is 1.35 bits per heavy atom. The van der Waals surface area contributed by atoms with Crippen LogP contribution in [0.25, 0.3) is 10.9 Å². The standard InChI is InChI=1S/C15H16ClN/c1-2-4-11-5-3-6-12-13(16)9-14(10-7-8-10)17-15(11)12/h3,5-6,9-10H,2,4,7-8H2,1H3. The highest BCUT2D eigenvalue weighted by Crippen LogP contribution is 2.41. The van der Waals surface area contributed by atoms with E-state index < -0.39 is 0 Å². The molecule has 1 fully saturated rings. The van der Waals surface area contributed by atoms with Crippen LogP contribution >= 0.6 is 11.6 Å². The third kappa shape index (κ3) is 2.04. The monoisotopic (exact) mass is 245 g/mol. The van der Waals surface area contributed by atoms with Crippen LogP contribution in [0.2, 0.25) is 5.02 Å². The highest BCUT2D eigenvalue weighted by atomic mass is 35.5. The number of hydrogen-bond donors (Lipinski definition) is 0. The normalized spacial score (nSPS) is 15.4. The lowest BCUT2D eigenvalue weighted by molar-refractivity contribution is 0.923. The van der Waals surface area contributed by atoms with Crippen molar-refractivity contribution in [1.29, 1.82) is 0 Å². The Balaban J connectivity index is 2.21. The molecule has 1 heterocycles. The number of nitrogens with zero attached hydrogens (tertiary/aromatic N) is 1. The number of rotatable bonds is 3. The number of fused-ring (bicyclic) bond motifs is 1. The summed E-state index contributed by atoms with van der Waals surface area (Å²) in [5.41, 5.74) is 3.63. The van der Waals surface area contributed by atoms with Gasteiger partial charge in [0.25, 0.3) is 0 Å². The Morgan fingerprint density at radius 3 is 2.88 bits per heavy atom. The molecule has 3 rings (SSSR count). The molecule has 1 aromatic carbocycles. The molecule has 0 spiro atoms. The Kier molecular flexibility index (Phi) is 2.79. The molecule has 88 valence electrons. The van der Waals surface area contributed by atoms with Crippen LogP contribution in [0.4, 0.5) is 0 Å². The predicted octanol–water partition coefficient (Wildman–Crippen LogP) is 4.72.